The standard InChI is InChI=1S/Ba.H2O4S.O.Zn.2H/c;1-5(2,3)4;;;;/h;(H2,1,2,3,4);;;;. The van der Waals surface area contributed by atoms with Crippen LogP contribution in [0.3, 0.4) is 0 Å². The predicted octanol–water partition coefficient (Wildman–Crippen LogP) is -1.69. The van der Waals surface area contributed by atoms with Crippen molar-refractivity contribution in [2.24, 2.45) is 0 Å². The Labute approximate surface area is 96.8 Å². The number of hydrogen-bond donors (Lipinski definition) is 2. The van der Waals surface area contributed by atoms with Crippen molar-refractivity contribution in [3.8, 4) is 0 Å². The van der Waals surface area contributed by atoms with E-state index in [-0.39, 0.29) is 67.1 Å². The van der Waals surface area contributed by atoms with Gasteiger partial charge in [0.05, 0.1) is 0 Å². The molecule has 0 saturated heterocycles. The maximum absolute atomic E-state index is 8.74. The summed E-state index contributed by atoms with van der Waals surface area (Å²) in [6.07, 6.45) is 0. The molecule has 0 aromatic rings. The second-order valence-corrected chi connectivity index (χ2v) is 1.34. The quantitative estimate of drug-likeness (QED) is 0.411. The molecule has 5 nitrogen and oxygen atoms in total. The van der Waals surface area contributed by atoms with Crippen LogP contribution in [0.4, 0.5) is 0 Å². The molecule has 0 radical (unpaired) electrons. The first-order chi connectivity index (χ1) is 3.00. The molecule has 8 heteroatoms. The average Bonchev–Trinajstić information content (AvgIpc) is 1.36. The molecule has 0 aromatic carbocycles. The molecule has 0 bridgehead atoms. The Morgan fingerprint density at radius 3 is 1.12 bits per heavy atom. The van der Waals surface area contributed by atoms with Gasteiger partial charge in [-0.1, -0.05) is 0 Å². The fourth-order valence-corrected chi connectivity index (χ4v) is 0. The summed E-state index contributed by atoms with van der Waals surface area (Å²) < 4.78 is 40.0. The summed E-state index contributed by atoms with van der Waals surface area (Å²) in [5.74, 6) is 0. The van der Waals surface area contributed by atoms with Gasteiger partial charge in [-0.25, -0.2) is 0 Å². The van der Waals surface area contributed by atoms with Crippen LogP contribution in [0.1, 0.15) is 0 Å². The summed E-state index contributed by atoms with van der Waals surface area (Å²) >= 11 is 0.125. The second kappa shape index (κ2) is 8.86. The van der Waals surface area contributed by atoms with Crippen LogP contribution in [0.15, 0.2) is 0 Å². The van der Waals surface area contributed by atoms with Crippen molar-refractivity contribution in [2.45, 2.75) is 0 Å². The first kappa shape index (κ1) is 16.5. The molecule has 0 unspecified atom stereocenters. The van der Waals surface area contributed by atoms with E-state index in [1.54, 1.807) is 0 Å². The van der Waals surface area contributed by atoms with Crippen LogP contribution >= 0.6 is 0 Å². The Kier molecular flexibility index (Phi) is 18.2. The predicted molar refractivity (Wildman–Crippen MR) is 23.4 cm³/mol. The minimum absolute atomic E-state index is 0. The zero-order chi connectivity index (χ0) is 6.50. The summed E-state index contributed by atoms with van der Waals surface area (Å²) in [7, 11) is -4.67. The fraction of sp³-hybridized carbons (Fsp3) is 0. The summed E-state index contributed by atoms with van der Waals surface area (Å²) in [5.41, 5.74) is 0. The van der Waals surface area contributed by atoms with Gasteiger partial charge in [0.15, 0.2) is 0 Å². The molecule has 0 heterocycles. The average molecular weight is 319 g/mol. The van der Waals surface area contributed by atoms with Crippen LogP contribution in [-0.4, -0.2) is 66.4 Å². The molecule has 2 N–H and O–H groups in total. The zero-order valence-electron chi connectivity index (χ0n) is 3.23. The summed E-state index contributed by atoms with van der Waals surface area (Å²) in [4.78, 5) is 0. The first-order valence-corrected chi connectivity index (χ1v) is 3.60. The Morgan fingerprint density at radius 1 is 1.12 bits per heavy atom. The Bertz CT molecular complexity index is 106. The van der Waals surface area contributed by atoms with E-state index in [1.807, 2.05) is 0 Å². The minimum atomic E-state index is -4.67. The van der Waals surface area contributed by atoms with Crippen LogP contribution in [0, 0.1) is 0 Å². The Morgan fingerprint density at radius 2 is 1.12 bits per heavy atom. The molecule has 0 rings (SSSR count). The van der Waals surface area contributed by atoms with E-state index >= 15 is 0 Å². The normalized spacial score (nSPS) is 8.00. The summed E-state index contributed by atoms with van der Waals surface area (Å²) in [6, 6.07) is 0. The molecule has 8 heavy (non-hydrogen) atoms. The SMILES string of the molecule is O=S(=O)(O)O.[BaH2].[O]=[Zn]. The summed E-state index contributed by atoms with van der Waals surface area (Å²) in [5, 5.41) is 0. The van der Waals surface area contributed by atoms with E-state index in [2.05, 4.69) is 0 Å². The van der Waals surface area contributed by atoms with Crippen molar-refractivity contribution in [2.75, 3.05) is 0 Å². The molecule has 0 spiro atoms. The van der Waals surface area contributed by atoms with Gasteiger partial charge >= 0.3 is 81.1 Å². The molecule has 0 aliphatic heterocycles. The van der Waals surface area contributed by atoms with Gasteiger partial charge < -0.3 is 0 Å². The van der Waals surface area contributed by atoms with Crippen molar-refractivity contribution in [1.82, 2.24) is 0 Å². The van der Waals surface area contributed by atoms with Gasteiger partial charge in [-0.05, 0) is 0 Å². The third kappa shape index (κ3) is 107. The van der Waals surface area contributed by atoms with Crippen LogP contribution in [-0.2, 0) is 32.2 Å². The van der Waals surface area contributed by atoms with Crippen molar-refractivity contribution in [1.29, 1.82) is 0 Å². The van der Waals surface area contributed by atoms with Gasteiger partial charge in [0, 0.05) is 0 Å². The zero-order valence-corrected chi connectivity index (χ0v) is 7.02. The Hall–Kier alpha value is 1.86. The molecule has 0 aromatic heterocycles. The third-order valence-corrected chi connectivity index (χ3v) is 0. The van der Waals surface area contributed by atoms with E-state index in [4.69, 9.17) is 21.1 Å². The van der Waals surface area contributed by atoms with Gasteiger partial charge in [-0.3, -0.25) is 9.11 Å². The van der Waals surface area contributed by atoms with Crippen molar-refractivity contribution in [3.63, 3.8) is 0 Å². The molecule has 0 atom stereocenters. The van der Waals surface area contributed by atoms with E-state index < -0.39 is 10.4 Å². The first-order valence-electron chi connectivity index (χ1n) is 0.987. The molecule has 44 valence electrons. The van der Waals surface area contributed by atoms with E-state index in [0.29, 0.717) is 0 Å². The van der Waals surface area contributed by atoms with Gasteiger partial charge in [0.2, 0.25) is 0 Å². The monoisotopic (exact) mass is 318 g/mol. The molecule has 0 aliphatic carbocycles. The van der Waals surface area contributed by atoms with Crippen LogP contribution in [0.25, 0.3) is 0 Å². The van der Waals surface area contributed by atoms with E-state index in [0.717, 1.165) is 0 Å². The van der Waals surface area contributed by atoms with Gasteiger partial charge in [0.25, 0.3) is 0 Å². The van der Waals surface area contributed by atoms with Gasteiger partial charge in [-0.15, -0.1) is 0 Å². The molecule has 0 aliphatic rings. The van der Waals surface area contributed by atoms with E-state index in [1.165, 1.54) is 0 Å². The fourth-order valence-electron chi connectivity index (χ4n) is 0. The molecular formula is H4BaO5SZn. The van der Waals surface area contributed by atoms with Gasteiger partial charge in [0.1, 0.15) is 0 Å². The topological polar surface area (TPSA) is 91.7 Å². The van der Waals surface area contributed by atoms with Crippen molar-refractivity contribution < 1.29 is 39.3 Å². The number of rotatable bonds is 0. The van der Waals surface area contributed by atoms with Gasteiger partial charge in [-0.2, -0.15) is 8.42 Å². The van der Waals surface area contributed by atoms with Crippen LogP contribution < -0.4 is 0 Å². The van der Waals surface area contributed by atoms with Crippen LogP contribution in [0.2, 0.25) is 0 Å². The second-order valence-electron chi connectivity index (χ2n) is 0.448. The Balaban J connectivity index is -0.0000000750. The number of hydrogen-bond acceptors (Lipinski definition) is 3. The van der Waals surface area contributed by atoms with Crippen molar-refractivity contribution >= 4 is 59.3 Å². The molecule has 0 fully saturated rings. The van der Waals surface area contributed by atoms with Crippen molar-refractivity contribution in [3.05, 3.63) is 0 Å². The van der Waals surface area contributed by atoms with Crippen LogP contribution in [0.5, 0.6) is 0 Å². The molecular weight excluding hydrogens is 315 g/mol. The molecule has 0 amide bonds. The molecule has 0 saturated carbocycles. The third-order valence-electron chi connectivity index (χ3n) is 0. The maximum atomic E-state index is 8.74. The summed E-state index contributed by atoms with van der Waals surface area (Å²) in [6.45, 7) is 0. The van der Waals surface area contributed by atoms with E-state index in [9.17, 15) is 0 Å².